The van der Waals surface area contributed by atoms with Gasteiger partial charge < -0.3 is 19.9 Å². The summed E-state index contributed by atoms with van der Waals surface area (Å²) in [4.78, 5) is 28.2. The summed E-state index contributed by atoms with van der Waals surface area (Å²) in [5.41, 5.74) is 1.89. The number of amides is 2. The average molecular weight is 376 g/mol. The second kappa shape index (κ2) is 9.11. The van der Waals surface area contributed by atoms with Crippen molar-refractivity contribution in [3.63, 3.8) is 0 Å². The van der Waals surface area contributed by atoms with Crippen LogP contribution in [-0.4, -0.2) is 56.2 Å². The molecule has 1 aromatic carbocycles. The summed E-state index contributed by atoms with van der Waals surface area (Å²) in [5, 5.41) is 3.04. The van der Waals surface area contributed by atoms with Crippen LogP contribution in [0.1, 0.15) is 39.2 Å². The zero-order valence-electron chi connectivity index (χ0n) is 17.2. The van der Waals surface area contributed by atoms with Gasteiger partial charge >= 0.3 is 6.09 Å². The van der Waals surface area contributed by atoms with E-state index in [1.54, 1.807) is 4.90 Å². The summed E-state index contributed by atoms with van der Waals surface area (Å²) < 4.78 is 5.39. The van der Waals surface area contributed by atoms with Gasteiger partial charge in [-0.25, -0.2) is 4.79 Å². The molecule has 1 saturated heterocycles. The van der Waals surface area contributed by atoms with Gasteiger partial charge in [-0.2, -0.15) is 0 Å². The molecule has 6 nitrogen and oxygen atoms in total. The summed E-state index contributed by atoms with van der Waals surface area (Å²) in [5.74, 6) is 0.0588. The number of benzene rings is 1. The van der Waals surface area contributed by atoms with Gasteiger partial charge in [0.05, 0.1) is 0 Å². The van der Waals surface area contributed by atoms with Crippen molar-refractivity contribution in [2.75, 3.05) is 38.6 Å². The molecule has 0 aromatic heterocycles. The Hall–Kier alpha value is -2.24. The summed E-state index contributed by atoms with van der Waals surface area (Å²) in [7, 11) is 4.03. The molecule has 0 atom stereocenters. The molecular weight excluding hydrogens is 342 g/mol. The third kappa shape index (κ3) is 6.77. The average Bonchev–Trinajstić information content (AvgIpc) is 2.60. The van der Waals surface area contributed by atoms with Crippen LogP contribution in [0.15, 0.2) is 24.3 Å². The molecule has 150 valence electrons. The molecular formula is C21H33N3O3. The molecule has 0 unspecified atom stereocenters. The molecule has 1 aliphatic heterocycles. The van der Waals surface area contributed by atoms with Gasteiger partial charge in [-0.1, -0.05) is 12.1 Å². The van der Waals surface area contributed by atoms with Gasteiger partial charge in [0.15, 0.2) is 0 Å². The number of nitrogens with one attached hydrogen (secondary N) is 1. The fourth-order valence-electron chi connectivity index (χ4n) is 3.09. The highest BCUT2D eigenvalue weighted by Crippen LogP contribution is 2.20. The van der Waals surface area contributed by atoms with Gasteiger partial charge in [0.2, 0.25) is 5.91 Å². The van der Waals surface area contributed by atoms with E-state index in [0.29, 0.717) is 32.5 Å². The predicted molar refractivity (Wildman–Crippen MR) is 108 cm³/mol. The van der Waals surface area contributed by atoms with E-state index in [9.17, 15) is 9.59 Å². The Morgan fingerprint density at radius 1 is 1.15 bits per heavy atom. The van der Waals surface area contributed by atoms with Crippen LogP contribution in [0.25, 0.3) is 0 Å². The highest BCUT2D eigenvalue weighted by Gasteiger charge is 2.29. The number of rotatable bonds is 5. The fourth-order valence-corrected chi connectivity index (χ4v) is 3.09. The van der Waals surface area contributed by atoms with E-state index in [0.717, 1.165) is 6.42 Å². The van der Waals surface area contributed by atoms with Crippen molar-refractivity contribution >= 4 is 17.7 Å². The molecule has 0 radical (unpaired) electrons. The van der Waals surface area contributed by atoms with Crippen LogP contribution >= 0.6 is 0 Å². The van der Waals surface area contributed by atoms with Crippen LogP contribution in [0.4, 0.5) is 10.5 Å². The number of hydrogen-bond donors (Lipinski definition) is 1. The number of nitrogens with zero attached hydrogens (tertiary/aromatic N) is 2. The minimum atomic E-state index is -0.490. The molecule has 27 heavy (non-hydrogen) atoms. The molecule has 6 heteroatoms. The highest BCUT2D eigenvalue weighted by atomic mass is 16.6. The first kappa shape index (κ1) is 21.1. The monoisotopic (exact) mass is 375 g/mol. The number of likely N-dealkylation sites (tertiary alicyclic amines) is 1. The van der Waals surface area contributed by atoms with Crippen molar-refractivity contribution in [3.8, 4) is 0 Å². The SMILES string of the molecule is CN(C)c1ccc(CCNC(=O)C2CCN(C(=O)OC(C)(C)C)CC2)cc1. The highest BCUT2D eigenvalue weighted by molar-refractivity contribution is 5.79. The first-order valence-electron chi connectivity index (χ1n) is 9.67. The minimum absolute atomic E-state index is 0.0280. The Balaban J connectivity index is 1.71. The summed E-state index contributed by atoms with van der Waals surface area (Å²) in [6.45, 7) is 7.35. The topological polar surface area (TPSA) is 61.9 Å². The molecule has 1 heterocycles. The van der Waals surface area contributed by atoms with Gasteiger partial charge in [-0.05, 0) is 57.7 Å². The van der Waals surface area contributed by atoms with E-state index in [1.165, 1.54) is 11.3 Å². The second-order valence-electron chi connectivity index (χ2n) is 8.34. The molecule has 0 aliphatic carbocycles. The lowest BCUT2D eigenvalue weighted by atomic mass is 9.96. The molecule has 2 amide bonds. The predicted octanol–water partition coefficient (Wildman–Crippen LogP) is 3.06. The zero-order chi connectivity index (χ0) is 20.0. The van der Waals surface area contributed by atoms with E-state index in [1.807, 2.05) is 34.9 Å². The second-order valence-corrected chi connectivity index (χ2v) is 8.34. The number of piperidine rings is 1. The maximum atomic E-state index is 12.4. The fraction of sp³-hybridized carbons (Fsp3) is 0.619. The van der Waals surface area contributed by atoms with E-state index in [4.69, 9.17) is 4.74 Å². The van der Waals surface area contributed by atoms with Crippen molar-refractivity contribution in [1.82, 2.24) is 10.2 Å². The summed E-state index contributed by atoms with van der Waals surface area (Å²) in [6, 6.07) is 8.37. The van der Waals surface area contributed by atoms with Gasteiger partial charge in [-0.3, -0.25) is 4.79 Å². The summed E-state index contributed by atoms with van der Waals surface area (Å²) >= 11 is 0. The largest absolute Gasteiger partial charge is 0.444 e. The van der Waals surface area contributed by atoms with Crippen LogP contribution in [0.3, 0.4) is 0 Å². The number of carbonyl (C=O) groups is 2. The molecule has 0 bridgehead atoms. The Bertz CT molecular complexity index is 627. The standard InChI is InChI=1S/C21H33N3O3/c1-21(2,3)27-20(26)24-14-11-17(12-15-24)19(25)22-13-10-16-6-8-18(9-7-16)23(4)5/h6-9,17H,10-15H2,1-5H3,(H,22,25). The first-order chi connectivity index (χ1) is 12.7. The molecule has 0 saturated carbocycles. The molecule has 1 aromatic rings. The Labute approximate surface area is 162 Å². The quantitative estimate of drug-likeness (QED) is 0.859. The van der Waals surface area contributed by atoms with E-state index in [2.05, 4.69) is 34.5 Å². The van der Waals surface area contributed by atoms with E-state index >= 15 is 0 Å². The normalized spacial score (nSPS) is 15.4. The Morgan fingerprint density at radius 3 is 2.26 bits per heavy atom. The smallest absolute Gasteiger partial charge is 0.410 e. The van der Waals surface area contributed by atoms with Gasteiger partial charge in [0.1, 0.15) is 5.60 Å². The van der Waals surface area contributed by atoms with Gasteiger partial charge in [-0.15, -0.1) is 0 Å². The van der Waals surface area contributed by atoms with E-state index in [-0.39, 0.29) is 17.9 Å². The van der Waals surface area contributed by atoms with Crippen LogP contribution in [0.5, 0.6) is 0 Å². The van der Waals surface area contributed by atoms with Crippen LogP contribution < -0.4 is 10.2 Å². The molecule has 2 rings (SSSR count). The number of hydrogen-bond acceptors (Lipinski definition) is 4. The number of carbonyl (C=O) groups excluding carboxylic acids is 2. The third-order valence-corrected chi connectivity index (χ3v) is 4.68. The molecule has 1 fully saturated rings. The van der Waals surface area contributed by atoms with Crippen LogP contribution in [-0.2, 0) is 16.0 Å². The number of anilines is 1. The van der Waals surface area contributed by atoms with Crippen molar-refractivity contribution in [2.24, 2.45) is 5.92 Å². The van der Waals surface area contributed by atoms with E-state index < -0.39 is 5.60 Å². The van der Waals surface area contributed by atoms with Crippen molar-refractivity contribution < 1.29 is 14.3 Å². The maximum absolute atomic E-state index is 12.4. The van der Waals surface area contributed by atoms with Crippen molar-refractivity contribution in [1.29, 1.82) is 0 Å². The van der Waals surface area contributed by atoms with Crippen molar-refractivity contribution in [3.05, 3.63) is 29.8 Å². The lowest BCUT2D eigenvalue weighted by Crippen LogP contribution is -2.45. The Kier molecular flexibility index (Phi) is 7.11. The van der Waals surface area contributed by atoms with Crippen LogP contribution in [0.2, 0.25) is 0 Å². The third-order valence-electron chi connectivity index (χ3n) is 4.68. The van der Waals surface area contributed by atoms with Gasteiger partial charge in [0, 0.05) is 45.3 Å². The molecule has 1 N–H and O–H groups in total. The molecule has 0 spiro atoms. The summed E-state index contributed by atoms with van der Waals surface area (Å²) in [6.07, 6.45) is 1.89. The number of ether oxygens (including phenoxy) is 1. The molecule has 1 aliphatic rings. The van der Waals surface area contributed by atoms with Crippen LogP contribution in [0, 0.1) is 5.92 Å². The van der Waals surface area contributed by atoms with Crippen molar-refractivity contribution in [2.45, 2.75) is 45.6 Å². The first-order valence-corrected chi connectivity index (χ1v) is 9.67. The minimum Gasteiger partial charge on any atom is -0.444 e. The lowest BCUT2D eigenvalue weighted by molar-refractivity contribution is -0.126. The maximum Gasteiger partial charge on any atom is 0.410 e. The van der Waals surface area contributed by atoms with Gasteiger partial charge in [0.25, 0.3) is 0 Å². The zero-order valence-corrected chi connectivity index (χ0v) is 17.2. The lowest BCUT2D eigenvalue weighted by Gasteiger charge is -2.32. The Morgan fingerprint density at radius 2 is 1.74 bits per heavy atom.